The molecule has 0 heterocycles. The average Bonchev–Trinajstić information content (AvgIpc) is 2.32. The molecule has 2 atom stereocenters. The van der Waals surface area contributed by atoms with Crippen molar-refractivity contribution in [1.82, 2.24) is 0 Å². The van der Waals surface area contributed by atoms with Crippen molar-refractivity contribution in [3.63, 3.8) is 0 Å². The summed E-state index contributed by atoms with van der Waals surface area (Å²) in [5.74, 6) is 2.07. The zero-order valence-electron chi connectivity index (χ0n) is 12.5. The molecule has 1 aliphatic carbocycles. The fraction of sp³-hybridized carbons (Fsp3) is 1.00. The van der Waals surface area contributed by atoms with E-state index < -0.39 is 0 Å². The molecule has 0 bridgehead atoms. The van der Waals surface area contributed by atoms with Gasteiger partial charge in [-0.25, -0.2) is 0 Å². The van der Waals surface area contributed by atoms with Gasteiger partial charge in [-0.15, -0.1) is 0 Å². The van der Waals surface area contributed by atoms with Crippen LogP contribution in [-0.2, 0) is 0 Å². The zero-order chi connectivity index (χ0) is 13.2. The van der Waals surface area contributed by atoms with Crippen molar-refractivity contribution in [2.75, 3.05) is 5.75 Å². The van der Waals surface area contributed by atoms with Gasteiger partial charge >= 0.3 is 0 Å². The third-order valence-electron chi connectivity index (χ3n) is 3.90. The summed E-state index contributed by atoms with van der Waals surface area (Å²) in [4.78, 5) is 0. The number of hydrogen-bond donors (Lipinski definition) is 1. The van der Waals surface area contributed by atoms with Gasteiger partial charge in [-0.2, -0.15) is 11.8 Å². The van der Waals surface area contributed by atoms with Crippen LogP contribution in [0.15, 0.2) is 0 Å². The lowest BCUT2D eigenvalue weighted by Crippen LogP contribution is -2.33. The molecule has 0 amide bonds. The number of nitrogens with two attached hydrogens (primary N) is 1. The van der Waals surface area contributed by atoms with Gasteiger partial charge in [-0.05, 0) is 24.5 Å². The van der Waals surface area contributed by atoms with Gasteiger partial charge in [-0.3, -0.25) is 0 Å². The quantitative estimate of drug-likeness (QED) is 0.783. The van der Waals surface area contributed by atoms with Crippen LogP contribution in [0.4, 0.5) is 0 Å². The van der Waals surface area contributed by atoms with Gasteiger partial charge in [0, 0.05) is 11.3 Å². The first-order chi connectivity index (χ1) is 8.70. The molecule has 1 nitrogen and oxygen atoms in total. The minimum atomic E-state index is 0.438. The van der Waals surface area contributed by atoms with E-state index >= 15 is 0 Å². The first kappa shape index (κ1) is 16.4. The molecular formula is C16H33NS. The molecule has 1 fully saturated rings. The highest BCUT2D eigenvalue weighted by Crippen LogP contribution is 2.26. The van der Waals surface area contributed by atoms with Crippen molar-refractivity contribution in [3.8, 4) is 0 Å². The molecule has 0 aromatic carbocycles. The third-order valence-corrected chi connectivity index (χ3v) is 5.77. The molecule has 1 aliphatic rings. The fourth-order valence-electron chi connectivity index (χ4n) is 2.71. The SMILES string of the molecule is CC(C)CSC1CCCCCCCCCCC1N. The lowest BCUT2D eigenvalue weighted by Gasteiger charge is -2.25. The van der Waals surface area contributed by atoms with E-state index in [0.717, 1.165) is 5.92 Å². The molecule has 0 aromatic heterocycles. The summed E-state index contributed by atoms with van der Waals surface area (Å²) in [5.41, 5.74) is 6.42. The fourth-order valence-corrected chi connectivity index (χ4v) is 4.06. The Bertz CT molecular complexity index is 194. The van der Waals surface area contributed by atoms with Crippen LogP contribution in [0.25, 0.3) is 0 Å². The Kier molecular flexibility index (Phi) is 9.22. The zero-order valence-corrected chi connectivity index (χ0v) is 13.3. The van der Waals surface area contributed by atoms with Crippen LogP contribution in [0.3, 0.4) is 0 Å². The molecule has 108 valence electrons. The lowest BCUT2D eigenvalue weighted by atomic mass is 9.98. The van der Waals surface area contributed by atoms with E-state index in [0.29, 0.717) is 11.3 Å². The van der Waals surface area contributed by atoms with Crippen molar-refractivity contribution in [2.24, 2.45) is 11.7 Å². The summed E-state index contributed by atoms with van der Waals surface area (Å²) in [7, 11) is 0. The summed E-state index contributed by atoms with van der Waals surface area (Å²) in [6.45, 7) is 4.63. The molecule has 0 saturated heterocycles. The van der Waals surface area contributed by atoms with Crippen LogP contribution in [0, 0.1) is 5.92 Å². The van der Waals surface area contributed by atoms with Crippen LogP contribution in [0.2, 0.25) is 0 Å². The summed E-state index contributed by atoms with van der Waals surface area (Å²) >= 11 is 2.14. The van der Waals surface area contributed by atoms with E-state index in [1.165, 1.54) is 70.0 Å². The van der Waals surface area contributed by atoms with Crippen molar-refractivity contribution in [3.05, 3.63) is 0 Å². The van der Waals surface area contributed by atoms with Gasteiger partial charge in [0.25, 0.3) is 0 Å². The number of hydrogen-bond acceptors (Lipinski definition) is 2. The summed E-state index contributed by atoms with van der Waals surface area (Å²) in [6.07, 6.45) is 13.9. The summed E-state index contributed by atoms with van der Waals surface area (Å²) in [5, 5.41) is 0.715. The van der Waals surface area contributed by atoms with E-state index in [4.69, 9.17) is 5.73 Å². The second-order valence-electron chi connectivity index (χ2n) is 6.34. The van der Waals surface area contributed by atoms with Crippen molar-refractivity contribution in [2.45, 2.75) is 89.3 Å². The standard InChI is InChI=1S/C16H33NS/c1-14(2)13-18-16-12-10-8-6-4-3-5-7-9-11-15(16)17/h14-16H,3-13,17H2,1-2H3. The predicted octanol–water partition coefficient (Wildman–Crippen LogP) is 4.99. The molecule has 0 radical (unpaired) electrons. The minimum absolute atomic E-state index is 0.438. The first-order valence-electron chi connectivity index (χ1n) is 8.07. The molecule has 0 aliphatic heterocycles. The molecule has 2 unspecified atom stereocenters. The Morgan fingerprint density at radius 3 is 1.94 bits per heavy atom. The van der Waals surface area contributed by atoms with E-state index in [1.807, 2.05) is 0 Å². The highest BCUT2D eigenvalue weighted by atomic mass is 32.2. The van der Waals surface area contributed by atoms with E-state index in [9.17, 15) is 0 Å². The van der Waals surface area contributed by atoms with Crippen molar-refractivity contribution >= 4 is 11.8 Å². The Morgan fingerprint density at radius 2 is 1.39 bits per heavy atom. The predicted molar refractivity (Wildman–Crippen MR) is 85.2 cm³/mol. The monoisotopic (exact) mass is 271 g/mol. The van der Waals surface area contributed by atoms with Gasteiger partial charge in [0.05, 0.1) is 0 Å². The van der Waals surface area contributed by atoms with Crippen molar-refractivity contribution < 1.29 is 0 Å². The normalized spacial score (nSPS) is 28.7. The number of thioether (sulfide) groups is 1. The highest BCUT2D eigenvalue weighted by molar-refractivity contribution is 7.99. The lowest BCUT2D eigenvalue weighted by molar-refractivity contribution is 0.473. The van der Waals surface area contributed by atoms with E-state index in [2.05, 4.69) is 25.6 Å². The second-order valence-corrected chi connectivity index (χ2v) is 7.61. The third kappa shape index (κ3) is 7.68. The Hall–Kier alpha value is 0.310. The van der Waals surface area contributed by atoms with Gasteiger partial charge in [0.2, 0.25) is 0 Å². The molecule has 2 heteroatoms. The van der Waals surface area contributed by atoms with Crippen LogP contribution in [0.5, 0.6) is 0 Å². The van der Waals surface area contributed by atoms with Crippen molar-refractivity contribution in [1.29, 1.82) is 0 Å². The molecule has 0 aromatic rings. The average molecular weight is 272 g/mol. The maximum absolute atomic E-state index is 6.42. The molecular weight excluding hydrogens is 238 g/mol. The summed E-state index contributed by atoms with van der Waals surface area (Å²) in [6, 6.07) is 0.438. The largest absolute Gasteiger partial charge is 0.327 e. The van der Waals surface area contributed by atoms with Gasteiger partial charge in [-0.1, -0.05) is 65.2 Å². The van der Waals surface area contributed by atoms with Crippen LogP contribution < -0.4 is 5.73 Å². The molecule has 2 N–H and O–H groups in total. The smallest absolute Gasteiger partial charge is 0.0199 e. The molecule has 1 saturated carbocycles. The van der Waals surface area contributed by atoms with Crippen LogP contribution in [-0.4, -0.2) is 17.0 Å². The Balaban J connectivity index is 2.36. The second kappa shape index (κ2) is 10.1. The highest BCUT2D eigenvalue weighted by Gasteiger charge is 2.18. The molecule has 0 spiro atoms. The Morgan fingerprint density at radius 1 is 0.889 bits per heavy atom. The molecule has 1 rings (SSSR count). The van der Waals surface area contributed by atoms with Gasteiger partial charge in [0.1, 0.15) is 0 Å². The first-order valence-corrected chi connectivity index (χ1v) is 9.12. The van der Waals surface area contributed by atoms with E-state index in [1.54, 1.807) is 0 Å². The maximum atomic E-state index is 6.42. The summed E-state index contributed by atoms with van der Waals surface area (Å²) < 4.78 is 0. The van der Waals surface area contributed by atoms with Crippen LogP contribution >= 0.6 is 11.8 Å². The van der Waals surface area contributed by atoms with Gasteiger partial charge < -0.3 is 5.73 Å². The molecule has 18 heavy (non-hydrogen) atoms. The topological polar surface area (TPSA) is 26.0 Å². The number of rotatable bonds is 3. The maximum Gasteiger partial charge on any atom is 0.0199 e. The van der Waals surface area contributed by atoms with Crippen LogP contribution in [0.1, 0.15) is 78.1 Å². The van der Waals surface area contributed by atoms with E-state index in [-0.39, 0.29) is 0 Å². The van der Waals surface area contributed by atoms with Gasteiger partial charge in [0.15, 0.2) is 0 Å². The minimum Gasteiger partial charge on any atom is -0.327 e. The Labute approximate surface area is 119 Å².